The van der Waals surface area contributed by atoms with Crippen LogP contribution in [0.15, 0.2) is 80.9 Å². The number of ether oxygens (including phenoxy) is 1. The first-order chi connectivity index (χ1) is 15.9. The summed E-state index contributed by atoms with van der Waals surface area (Å²) >= 11 is 4.66. The van der Waals surface area contributed by atoms with Gasteiger partial charge in [0, 0.05) is 0 Å². The van der Waals surface area contributed by atoms with E-state index < -0.39 is 10.1 Å². The second-order valence-electron chi connectivity index (χ2n) is 7.04. The number of hydrogen-bond donors (Lipinski definition) is 0. The summed E-state index contributed by atoms with van der Waals surface area (Å²) in [4.78, 5) is 18.1. The lowest BCUT2D eigenvalue weighted by Gasteiger charge is -2.09. The van der Waals surface area contributed by atoms with Gasteiger partial charge >= 0.3 is 10.1 Å². The minimum absolute atomic E-state index is 0.0102. The van der Waals surface area contributed by atoms with Crippen molar-refractivity contribution in [1.82, 2.24) is 9.38 Å². The smallest absolute Gasteiger partial charge is 0.339 e. The molecule has 0 radical (unpaired) electrons. The molecule has 0 aliphatic rings. The van der Waals surface area contributed by atoms with Crippen molar-refractivity contribution >= 4 is 59.5 Å². The van der Waals surface area contributed by atoms with Gasteiger partial charge in [-0.2, -0.15) is 8.42 Å². The van der Waals surface area contributed by atoms with Crippen LogP contribution in [0.3, 0.4) is 0 Å². The van der Waals surface area contributed by atoms with Crippen LogP contribution in [0.5, 0.6) is 11.5 Å². The third kappa shape index (κ3) is 4.01. The molecule has 0 spiro atoms. The van der Waals surface area contributed by atoms with Crippen molar-refractivity contribution in [1.29, 1.82) is 0 Å². The minimum atomic E-state index is -4.03. The van der Waals surface area contributed by atoms with E-state index in [1.54, 1.807) is 34.7 Å². The highest BCUT2D eigenvalue weighted by atomic mass is 79.9. The molecule has 2 heterocycles. The summed E-state index contributed by atoms with van der Waals surface area (Å²) in [6.07, 6.45) is 1.74. The number of halogens is 1. The van der Waals surface area contributed by atoms with Crippen LogP contribution in [-0.2, 0) is 10.1 Å². The van der Waals surface area contributed by atoms with E-state index in [4.69, 9.17) is 8.92 Å². The van der Waals surface area contributed by atoms with E-state index in [1.807, 2.05) is 24.3 Å². The van der Waals surface area contributed by atoms with Crippen molar-refractivity contribution in [3.05, 3.63) is 91.7 Å². The predicted octanol–water partition coefficient (Wildman–Crippen LogP) is 4.00. The summed E-state index contributed by atoms with van der Waals surface area (Å²) in [6.45, 7) is 0. The first-order valence-electron chi connectivity index (χ1n) is 9.65. The van der Waals surface area contributed by atoms with Crippen LogP contribution in [-0.4, -0.2) is 24.9 Å². The Kier molecular flexibility index (Phi) is 5.43. The monoisotopic (exact) mass is 542 g/mol. The number of methoxy groups -OCH3 is 1. The van der Waals surface area contributed by atoms with Gasteiger partial charge in [0.25, 0.3) is 5.56 Å². The molecule has 0 saturated heterocycles. The van der Waals surface area contributed by atoms with Gasteiger partial charge in [0.15, 0.2) is 10.7 Å². The molecule has 10 heteroatoms. The SMILES string of the molecule is COc1ccc(S(=O)(=O)Oc2ccc(/C=c3\sc4nc5ccccc5n4c3=O)cc2Br)cc1. The van der Waals surface area contributed by atoms with Gasteiger partial charge in [-0.25, -0.2) is 9.38 Å². The maximum Gasteiger partial charge on any atom is 0.339 e. The number of nitrogens with zero attached hydrogens (tertiary/aromatic N) is 2. The van der Waals surface area contributed by atoms with E-state index >= 15 is 0 Å². The van der Waals surface area contributed by atoms with E-state index in [-0.39, 0.29) is 16.2 Å². The van der Waals surface area contributed by atoms with Gasteiger partial charge < -0.3 is 8.92 Å². The van der Waals surface area contributed by atoms with Crippen LogP contribution >= 0.6 is 27.3 Å². The van der Waals surface area contributed by atoms with Gasteiger partial charge in [0.1, 0.15) is 10.6 Å². The Morgan fingerprint density at radius 2 is 1.82 bits per heavy atom. The zero-order chi connectivity index (χ0) is 23.2. The topological polar surface area (TPSA) is 87.0 Å². The molecule has 0 bridgehead atoms. The Hall–Kier alpha value is -3.21. The third-order valence-electron chi connectivity index (χ3n) is 4.95. The Bertz CT molecular complexity index is 1720. The molecular weight excluding hydrogens is 528 g/mol. The highest BCUT2D eigenvalue weighted by molar-refractivity contribution is 9.10. The zero-order valence-corrected chi connectivity index (χ0v) is 20.3. The lowest BCUT2D eigenvalue weighted by molar-refractivity contribution is 0.414. The normalized spacial score (nSPS) is 12.5. The van der Waals surface area contributed by atoms with E-state index in [2.05, 4.69) is 20.9 Å². The van der Waals surface area contributed by atoms with E-state index in [0.29, 0.717) is 25.3 Å². The lowest BCUT2D eigenvalue weighted by Crippen LogP contribution is -2.22. The molecule has 0 N–H and O–H groups in total. The molecule has 0 atom stereocenters. The number of aromatic nitrogens is 2. The molecule has 0 fully saturated rings. The molecule has 166 valence electrons. The second-order valence-corrected chi connectivity index (χ2v) is 10.4. The summed E-state index contributed by atoms with van der Waals surface area (Å²) in [5.74, 6) is 0.680. The molecule has 0 aliphatic carbocycles. The van der Waals surface area contributed by atoms with Gasteiger partial charge in [-0.05, 0) is 76.1 Å². The molecule has 5 aromatic rings. The van der Waals surface area contributed by atoms with Gasteiger partial charge in [0.05, 0.1) is 27.1 Å². The molecule has 5 rings (SSSR count). The number of thiazole rings is 1. The maximum absolute atomic E-state index is 12.9. The Morgan fingerprint density at radius 3 is 2.55 bits per heavy atom. The van der Waals surface area contributed by atoms with Crippen molar-refractivity contribution in [2.45, 2.75) is 4.90 Å². The second kappa shape index (κ2) is 8.29. The predicted molar refractivity (Wildman–Crippen MR) is 131 cm³/mol. The zero-order valence-electron chi connectivity index (χ0n) is 17.1. The fourth-order valence-corrected chi connectivity index (χ4v) is 5.87. The number of para-hydroxylation sites is 2. The maximum atomic E-state index is 12.9. The lowest BCUT2D eigenvalue weighted by atomic mass is 10.2. The van der Waals surface area contributed by atoms with Gasteiger partial charge in [0.2, 0.25) is 0 Å². The van der Waals surface area contributed by atoms with Gasteiger partial charge in [-0.3, -0.25) is 4.79 Å². The van der Waals surface area contributed by atoms with Crippen molar-refractivity contribution in [3.63, 3.8) is 0 Å². The molecular formula is C23H15BrN2O5S2. The molecule has 3 aromatic carbocycles. The summed E-state index contributed by atoms with van der Waals surface area (Å²) in [6, 6.07) is 18.3. The first-order valence-corrected chi connectivity index (χ1v) is 12.7. The quantitative estimate of drug-likeness (QED) is 0.312. The number of benzene rings is 3. The van der Waals surface area contributed by atoms with Crippen molar-refractivity contribution in [2.75, 3.05) is 7.11 Å². The van der Waals surface area contributed by atoms with Crippen molar-refractivity contribution in [3.8, 4) is 11.5 Å². The molecule has 7 nitrogen and oxygen atoms in total. The number of fused-ring (bicyclic) bond motifs is 3. The summed E-state index contributed by atoms with van der Waals surface area (Å²) in [7, 11) is -2.52. The average molecular weight is 543 g/mol. The summed E-state index contributed by atoms with van der Waals surface area (Å²) in [5.41, 5.74) is 2.10. The number of rotatable bonds is 5. The van der Waals surface area contributed by atoms with E-state index in [9.17, 15) is 13.2 Å². The minimum Gasteiger partial charge on any atom is -0.497 e. The molecule has 2 aromatic heterocycles. The van der Waals surface area contributed by atoms with Crippen LogP contribution in [0.1, 0.15) is 5.56 Å². The largest absolute Gasteiger partial charge is 0.497 e. The van der Waals surface area contributed by atoms with E-state index in [1.165, 1.54) is 36.6 Å². The molecule has 0 amide bonds. The van der Waals surface area contributed by atoms with Crippen LogP contribution in [0.25, 0.3) is 22.1 Å². The highest BCUT2D eigenvalue weighted by Crippen LogP contribution is 2.29. The fourth-order valence-electron chi connectivity index (χ4n) is 3.35. The van der Waals surface area contributed by atoms with Gasteiger partial charge in [-0.15, -0.1) is 0 Å². The molecule has 0 aliphatic heterocycles. The third-order valence-corrected chi connectivity index (χ3v) is 7.78. The number of imidazole rings is 1. The van der Waals surface area contributed by atoms with Crippen molar-refractivity contribution < 1.29 is 17.3 Å². The van der Waals surface area contributed by atoms with Crippen LogP contribution in [0, 0.1) is 0 Å². The standard InChI is InChI=1S/C23H15BrN2O5S2/c1-30-15-7-9-16(10-8-15)33(28,29)31-20-11-6-14(12-17(20)24)13-21-22(27)26-19-5-3-2-4-18(19)25-23(26)32-21/h2-13H,1H3/b21-13-. The summed E-state index contributed by atoms with van der Waals surface area (Å²) in [5, 5.41) is 0. The van der Waals surface area contributed by atoms with Crippen LogP contribution in [0.4, 0.5) is 0 Å². The van der Waals surface area contributed by atoms with Crippen molar-refractivity contribution in [2.24, 2.45) is 0 Å². The Balaban J connectivity index is 1.47. The van der Waals surface area contributed by atoms with Crippen LogP contribution < -0.4 is 19.0 Å². The van der Waals surface area contributed by atoms with Crippen LogP contribution in [0.2, 0.25) is 0 Å². The molecule has 33 heavy (non-hydrogen) atoms. The molecule has 0 saturated carbocycles. The Morgan fingerprint density at radius 1 is 1.06 bits per heavy atom. The Labute approximate surface area is 200 Å². The highest BCUT2D eigenvalue weighted by Gasteiger charge is 2.18. The fraction of sp³-hybridized carbons (Fsp3) is 0.0435. The molecule has 0 unspecified atom stereocenters. The van der Waals surface area contributed by atoms with E-state index in [0.717, 1.165) is 11.0 Å². The first kappa shape index (κ1) is 21.6. The number of hydrogen-bond acceptors (Lipinski definition) is 7. The average Bonchev–Trinajstić information content (AvgIpc) is 3.31. The van der Waals surface area contributed by atoms with Gasteiger partial charge in [-0.1, -0.05) is 29.5 Å². The summed E-state index contributed by atoms with van der Waals surface area (Å²) < 4.78 is 38.1.